The van der Waals surface area contributed by atoms with Crippen molar-refractivity contribution in [2.75, 3.05) is 6.61 Å². The third-order valence-electron chi connectivity index (χ3n) is 9.90. The van der Waals surface area contributed by atoms with Crippen molar-refractivity contribution in [1.82, 2.24) is 0 Å². The van der Waals surface area contributed by atoms with Crippen molar-refractivity contribution in [3.63, 3.8) is 0 Å². The van der Waals surface area contributed by atoms with Crippen LogP contribution < -0.4 is 0 Å². The number of hydrogen-bond donors (Lipinski definition) is 1. The molecule has 3 aliphatic rings. The second-order valence-electron chi connectivity index (χ2n) is 13.6. The molecule has 3 fully saturated rings. The molecule has 0 aromatic heterocycles. The minimum Gasteiger partial charge on any atom is -0.465 e. The van der Waals surface area contributed by atoms with Gasteiger partial charge in [0.15, 0.2) is 11.7 Å². The summed E-state index contributed by atoms with van der Waals surface area (Å²) in [5, 5.41) is 12.5. The molecule has 1 saturated heterocycles. The van der Waals surface area contributed by atoms with E-state index in [-0.39, 0.29) is 18.4 Å². The molecule has 1 heterocycles. The van der Waals surface area contributed by atoms with Crippen LogP contribution in [0, 0.1) is 11.3 Å². The predicted molar refractivity (Wildman–Crippen MR) is 172 cm³/mol. The van der Waals surface area contributed by atoms with Crippen LogP contribution in [0.2, 0.25) is 0 Å². The fourth-order valence-electron chi connectivity index (χ4n) is 8.14. The van der Waals surface area contributed by atoms with Gasteiger partial charge in [-0.2, -0.15) is 0 Å². The minimum atomic E-state index is -2.04. The molecule has 12 heteroatoms. The molecule has 2 aromatic carbocycles. The van der Waals surface area contributed by atoms with Gasteiger partial charge in [0.05, 0.1) is 22.7 Å². The van der Waals surface area contributed by atoms with Gasteiger partial charge in [-0.15, -0.1) is 0 Å². The maximum absolute atomic E-state index is 13.9. The van der Waals surface area contributed by atoms with E-state index in [9.17, 15) is 29.1 Å². The molecule has 2 bridgehead atoms. The van der Waals surface area contributed by atoms with Crippen LogP contribution >= 0.6 is 0 Å². The van der Waals surface area contributed by atoms with Crippen LogP contribution in [0.5, 0.6) is 0 Å². The summed E-state index contributed by atoms with van der Waals surface area (Å²) in [7, 11) is 0. The zero-order valence-corrected chi connectivity index (χ0v) is 28.4. The van der Waals surface area contributed by atoms with Gasteiger partial charge in [-0.05, 0) is 57.4 Å². The molecular weight excluding hydrogens is 636 g/mol. The second kappa shape index (κ2) is 13.4. The highest BCUT2D eigenvalue weighted by Crippen LogP contribution is 2.69. The lowest BCUT2D eigenvalue weighted by molar-refractivity contribution is -0.348. The average molecular weight is 679 g/mol. The summed E-state index contributed by atoms with van der Waals surface area (Å²) in [6.45, 7) is 7.70. The highest BCUT2D eigenvalue weighted by atomic mass is 16.6. The van der Waals surface area contributed by atoms with E-state index in [2.05, 4.69) is 0 Å². The Morgan fingerprint density at radius 3 is 2.02 bits per heavy atom. The van der Waals surface area contributed by atoms with Crippen molar-refractivity contribution in [3.8, 4) is 0 Å². The first-order valence-corrected chi connectivity index (χ1v) is 16.2. The van der Waals surface area contributed by atoms with Gasteiger partial charge >= 0.3 is 29.8 Å². The molecule has 12 nitrogen and oxygen atoms in total. The van der Waals surface area contributed by atoms with Gasteiger partial charge in [-0.3, -0.25) is 14.4 Å². The molecule has 0 unspecified atom stereocenters. The average Bonchev–Trinajstić information content (AvgIpc) is 3.23. The Kier molecular flexibility index (Phi) is 9.77. The van der Waals surface area contributed by atoms with E-state index in [1.807, 2.05) is 6.07 Å². The van der Waals surface area contributed by atoms with Gasteiger partial charge in [0.2, 0.25) is 0 Å². The number of esters is 5. The lowest BCUT2D eigenvalue weighted by Crippen LogP contribution is -2.83. The summed E-state index contributed by atoms with van der Waals surface area (Å²) in [6, 6.07) is 17.1. The number of hydrogen-bond acceptors (Lipinski definition) is 12. The largest absolute Gasteiger partial charge is 0.465 e. The quantitative estimate of drug-likeness (QED) is 0.231. The molecule has 1 aliphatic heterocycles. The van der Waals surface area contributed by atoms with Crippen LogP contribution in [0.3, 0.4) is 0 Å². The van der Waals surface area contributed by atoms with Gasteiger partial charge < -0.3 is 33.5 Å². The molecule has 0 radical (unpaired) electrons. The molecular formula is C37H42O12. The van der Waals surface area contributed by atoms with Crippen molar-refractivity contribution < 1.29 is 57.5 Å². The number of benzene rings is 2. The highest BCUT2D eigenvalue weighted by molar-refractivity contribution is 5.89. The van der Waals surface area contributed by atoms with Gasteiger partial charge in [-0.1, -0.05) is 48.5 Å². The van der Waals surface area contributed by atoms with E-state index in [4.69, 9.17) is 28.4 Å². The topological polar surface area (TPSA) is 161 Å². The SMILES string of the molecule is CC(=O)OC[C@@]12[C@@H](OC(=O)/C=C/c3ccccc3)CC[C@](C)(O)[C@]13OC(C)(C)[C@H]([C@@H](OC(C)=O)[C@H]2OC(=O)c1ccccc1)[C@H]3OC(C)=O. The first-order chi connectivity index (χ1) is 23.1. The van der Waals surface area contributed by atoms with Crippen molar-refractivity contribution in [3.05, 3.63) is 77.9 Å². The Morgan fingerprint density at radius 1 is 0.816 bits per heavy atom. The standard InChI is InChI=1S/C37H42O12/c1-22(38)44-21-36-27(47-28(41)18-17-25-13-9-7-10-14-25)19-20-35(6,43)37(36)31(46-24(3)40)29(34(4,5)49-37)30(45-23(2)39)32(36)48-33(42)26-15-11-8-12-16-26/h7-18,27,29-32,43H,19-21H2,1-6H3/b18-17+/t27-,29+,30+,31+,32+,35-,36-,37-/m0/s1. The van der Waals surface area contributed by atoms with E-state index < -0.39 is 89.0 Å². The zero-order valence-electron chi connectivity index (χ0n) is 28.4. The molecule has 2 saturated carbocycles. The Bertz CT molecular complexity index is 1620. The first kappa shape index (κ1) is 35.7. The molecule has 8 atom stereocenters. The fourth-order valence-corrected chi connectivity index (χ4v) is 8.14. The van der Waals surface area contributed by atoms with E-state index in [0.717, 1.165) is 12.5 Å². The lowest BCUT2D eigenvalue weighted by Gasteiger charge is -2.65. The monoisotopic (exact) mass is 678 g/mol. The van der Waals surface area contributed by atoms with Gasteiger partial charge in [0, 0.05) is 26.8 Å². The van der Waals surface area contributed by atoms with Crippen LogP contribution in [0.15, 0.2) is 66.7 Å². The Morgan fingerprint density at radius 2 is 1.43 bits per heavy atom. The number of aliphatic hydroxyl groups is 1. The highest BCUT2D eigenvalue weighted by Gasteiger charge is 2.87. The molecule has 2 aromatic rings. The Labute approximate surface area is 284 Å². The molecule has 49 heavy (non-hydrogen) atoms. The third kappa shape index (κ3) is 6.35. The van der Waals surface area contributed by atoms with Gasteiger partial charge in [0.1, 0.15) is 30.3 Å². The van der Waals surface area contributed by atoms with E-state index in [0.29, 0.717) is 0 Å². The molecule has 1 spiro atoms. The summed E-state index contributed by atoms with van der Waals surface area (Å²) in [5.41, 5.74) is -6.37. The first-order valence-electron chi connectivity index (χ1n) is 16.2. The van der Waals surface area contributed by atoms with Crippen molar-refractivity contribution in [2.24, 2.45) is 11.3 Å². The Hall–Kier alpha value is -4.55. The third-order valence-corrected chi connectivity index (χ3v) is 9.90. The normalized spacial score (nSPS) is 32.8. The van der Waals surface area contributed by atoms with Crippen molar-refractivity contribution in [1.29, 1.82) is 0 Å². The molecule has 0 amide bonds. The lowest BCUT2D eigenvalue weighted by atomic mass is 9.46. The summed E-state index contributed by atoms with van der Waals surface area (Å²) >= 11 is 0. The predicted octanol–water partition coefficient (Wildman–Crippen LogP) is 3.97. The number of rotatable bonds is 9. The van der Waals surface area contributed by atoms with Crippen LogP contribution in [0.4, 0.5) is 0 Å². The molecule has 262 valence electrons. The smallest absolute Gasteiger partial charge is 0.338 e. The van der Waals surface area contributed by atoms with Crippen LogP contribution in [0.1, 0.15) is 70.3 Å². The maximum Gasteiger partial charge on any atom is 0.338 e. The second-order valence-corrected chi connectivity index (χ2v) is 13.6. The number of carbonyl (C=O) groups is 5. The number of ether oxygens (including phenoxy) is 6. The van der Waals surface area contributed by atoms with E-state index >= 15 is 0 Å². The fraction of sp³-hybridized carbons (Fsp3) is 0.486. The summed E-state index contributed by atoms with van der Waals surface area (Å²) < 4.78 is 37.0. The number of fused-ring (bicyclic) bond motifs is 1. The molecule has 1 N–H and O–H groups in total. The molecule has 2 aliphatic carbocycles. The van der Waals surface area contributed by atoms with Gasteiger partial charge in [0.25, 0.3) is 0 Å². The summed E-state index contributed by atoms with van der Waals surface area (Å²) in [5.74, 6) is -4.88. The van der Waals surface area contributed by atoms with E-state index in [1.165, 1.54) is 39.0 Å². The number of carbonyl (C=O) groups excluding carboxylic acids is 5. The summed E-state index contributed by atoms with van der Waals surface area (Å²) in [6.07, 6.45) is -2.92. The minimum absolute atomic E-state index is 0.0334. The van der Waals surface area contributed by atoms with Crippen LogP contribution in [-0.4, -0.2) is 82.8 Å². The maximum atomic E-state index is 13.9. The van der Waals surface area contributed by atoms with Gasteiger partial charge in [-0.25, -0.2) is 9.59 Å². The van der Waals surface area contributed by atoms with Crippen molar-refractivity contribution >= 4 is 35.9 Å². The zero-order chi connectivity index (χ0) is 35.8. The Balaban J connectivity index is 1.78. The molecule has 5 rings (SSSR count). The van der Waals surface area contributed by atoms with Crippen LogP contribution in [0.25, 0.3) is 6.08 Å². The van der Waals surface area contributed by atoms with Crippen LogP contribution in [-0.2, 0) is 47.6 Å². The summed E-state index contributed by atoms with van der Waals surface area (Å²) in [4.78, 5) is 65.7. The van der Waals surface area contributed by atoms with Crippen molar-refractivity contribution in [2.45, 2.75) is 95.6 Å². The van der Waals surface area contributed by atoms with E-state index in [1.54, 1.807) is 62.4 Å².